The molecule has 0 aliphatic rings. The van der Waals surface area contributed by atoms with Crippen LogP contribution in [0.4, 0.5) is 0 Å². The maximum Gasteiger partial charge on any atom is 0.0737 e. The Bertz CT molecular complexity index is 544. The number of hydrogen-bond acceptors (Lipinski definition) is 2. The summed E-state index contributed by atoms with van der Waals surface area (Å²) in [5, 5.41) is 4.47. The number of benzene rings is 1. The molecule has 0 amide bonds. The van der Waals surface area contributed by atoms with Crippen LogP contribution in [0, 0.1) is 20.8 Å². The van der Waals surface area contributed by atoms with Gasteiger partial charge >= 0.3 is 0 Å². The molecule has 2 rings (SSSR count). The molecule has 0 aliphatic heterocycles. The van der Waals surface area contributed by atoms with Crippen molar-refractivity contribution < 1.29 is 0 Å². The summed E-state index contributed by atoms with van der Waals surface area (Å²) >= 11 is 0. The third-order valence-electron chi connectivity index (χ3n) is 3.31. The summed E-state index contributed by atoms with van der Waals surface area (Å²) in [5.41, 5.74) is 6.22. The van der Waals surface area contributed by atoms with Gasteiger partial charge in [0.25, 0.3) is 0 Å². The topological polar surface area (TPSA) is 24.9 Å². The summed E-state index contributed by atoms with van der Waals surface area (Å²) in [6.07, 6.45) is 0.992. The smallest absolute Gasteiger partial charge is 0.0737 e. The third-order valence-corrected chi connectivity index (χ3v) is 3.31. The van der Waals surface area contributed by atoms with Crippen LogP contribution in [0.25, 0.3) is 10.9 Å². The fraction of sp³-hybridized carbons (Fsp3) is 0.400. The predicted octanol–water partition coefficient (Wildman–Crippen LogP) is 2.92. The quantitative estimate of drug-likeness (QED) is 0.873. The second-order valence-electron chi connectivity index (χ2n) is 4.70. The van der Waals surface area contributed by atoms with E-state index in [9.17, 15) is 0 Å². The van der Waals surface area contributed by atoms with Gasteiger partial charge in [-0.15, -0.1) is 0 Å². The molecule has 0 bridgehead atoms. The molecule has 1 heterocycles. The number of aryl methyl sites for hydroxylation is 3. The van der Waals surface area contributed by atoms with Crippen molar-refractivity contribution >= 4 is 10.9 Å². The van der Waals surface area contributed by atoms with Gasteiger partial charge in [0.2, 0.25) is 0 Å². The van der Waals surface area contributed by atoms with Crippen molar-refractivity contribution in [2.45, 2.75) is 27.2 Å². The number of rotatable bonds is 3. The highest BCUT2D eigenvalue weighted by molar-refractivity contribution is 5.85. The molecule has 0 aliphatic carbocycles. The van der Waals surface area contributed by atoms with Gasteiger partial charge in [-0.1, -0.05) is 12.1 Å². The summed E-state index contributed by atoms with van der Waals surface area (Å²) in [5.74, 6) is 0. The minimum Gasteiger partial charge on any atom is -0.319 e. The summed E-state index contributed by atoms with van der Waals surface area (Å²) < 4.78 is 0. The van der Waals surface area contributed by atoms with Gasteiger partial charge in [0, 0.05) is 24.0 Å². The van der Waals surface area contributed by atoms with Crippen molar-refractivity contribution in [1.82, 2.24) is 10.3 Å². The Labute approximate surface area is 103 Å². The van der Waals surface area contributed by atoms with E-state index in [-0.39, 0.29) is 0 Å². The minimum atomic E-state index is 0.976. The number of nitrogens with one attached hydrogen (secondary N) is 1. The highest BCUT2D eigenvalue weighted by atomic mass is 14.8. The molecule has 17 heavy (non-hydrogen) atoms. The van der Waals surface area contributed by atoms with Gasteiger partial charge in [-0.3, -0.25) is 4.98 Å². The number of pyridine rings is 1. The average molecular weight is 228 g/mol. The maximum atomic E-state index is 4.83. The first kappa shape index (κ1) is 12.1. The first-order valence-electron chi connectivity index (χ1n) is 6.14. The second kappa shape index (κ2) is 4.84. The number of hydrogen-bond donors (Lipinski definition) is 1. The van der Waals surface area contributed by atoms with E-state index in [1.807, 2.05) is 7.05 Å². The number of likely N-dealkylation sites (N-methyl/N-ethyl adjacent to an activating group) is 1. The van der Waals surface area contributed by atoms with Gasteiger partial charge in [-0.2, -0.15) is 0 Å². The van der Waals surface area contributed by atoms with Crippen LogP contribution in [-0.2, 0) is 6.42 Å². The van der Waals surface area contributed by atoms with Gasteiger partial charge in [0.1, 0.15) is 0 Å². The second-order valence-corrected chi connectivity index (χ2v) is 4.70. The Balaban J connectivity index is 2.59. The highest BCUT2D eigenvalue weighted by Gasteiger charge is 2.07. The first-order chi connectivity index (χ1) is 8.13. The van der Waals surface area contributed by atoms with Crippen LogP contribution in [0.3, 0.4) is 0 Å². The Hall–Kier alpha value is -1.41. The van der Waals surface area contributed by atoms with Crippen molar-refractivity contribution in [3.63, 3.8) is 0 Å². The van der Waals surface area contributed by atoms with Crippen molar-refractivity contribution in [3.8, 4) is 0 Å². The molecule has 1 aromatic heterocycles. The Morgan fingerprint density at radius 2 is 1.76 bits per heavy atom. The summed E-state index contributed by atoms with van der Waals surface area (Å²) in [7, 11) is 1.98. The summed E-state index contributed by atoms with van der Waals surface area (Å²) in [6, 6.07) is 6.60. The van der Waals surface area contributed by atoms with Gasteiger partial charge in [0.15, 0.2) is 0 Å². The molecule has 1 N–H and O–H groups in total. The lowest BCUT2D eigenvalue weighted by atomic mass is 10.0. The zero-order valence-corrected chi connectivity index (χ0v) is 11.1. The molecule has 0 fully saturated rings. The molecule has 2 nitrogen and oxygen atoms in total. The molecule has 0 saturated heterocycles. The van der Waals surface area contributed by atoms with Crippen LogP contribution in [0.5, 0.6) is 0 Å². The zero-order chi connectivity index (χ0) is 12.4. The van der Waals surface area contributed by atoms with Gasteiger partial charge in [-0.25, -0.2) is 0 Å². The Kier molecular flexibility index (Phi) is 3.43. The van der Waals surface area contributed by atoms with Crippen molar-refractivity contribution in [3.05, 3.63) is 40.6 Å². The molecule has 0 spiro atoms. The van der Waals surface area contributed by atoms with E-state index in [1.54, 1.807) is 0 Å². The molecule has 90 valence electrons. The van der Waals surface area contributed by atoms with E-state index in [0.29, 0.717) is 0 Å². The molecule has 0 unspecified atom stereocenters. The van der Waals surface area contributed by atoms with Crippen LogP contribution in [0.15, 0.2) is 18.2 Å². The molecule has 0 saturated carbocycles. The van der Waals surface area contributed by atoms with E-state index < -0.39 is 0 Å². The van der Waals surface area contributed by atoms with Crippen LogP contribution in [0.2, 0.25) is 0 Å². The lowest BCUT2D eigenvalue weighted by molar-refractivity contribution is 0.775. The normalized spacial score (nSPS) is 11.1. The fourth-order valence-electron chi connectivity index (χ4n) is 2.17. The molecule has 2 heteroatoms. The van der Waals surface area contributed by atoms with E-state index in [0.717, 1.165) is 18.5 Å². The number of aromatic nitrogens is 1. The minimum absolute atomic E-state index is 0.976. The first-order valence-corrected chi connectivity index (χ1v) is 6.14. The maximum absolute atomic E-state index is 4.83. The van der Waals surface area contributed by atoms with Crippen LogP contribution < -0.4 is 5.32 Å². The van der Waals surface area contributed by atoms with E-state index >= 15 is 0 Å². The van der Waals surface area contributed by atoms with E-state index in [4.69, 9.17) is 4.98 Å². The SMILES string of the molecule is CNCCc1nc2c(C)ccc(C)c2cc1C. The Morgan fingerprint density at radius 3 is 2.47 bits per heavy atom. The zero-order valence-electron chi connectivity index (χ0n) is 11.1. The monoisotopic (exact) mass is 228 g/mol. The largest absolute Gasteiger partial charge is 0.319 e. The Morgan fingerprint density at radius 1 is 1.06 bits per heavy atom. The lowest BCUT2D eigenvalue weighted by Gasteiger charge is -2.10. The third kappa shape index (κ3) is 2.32. The average Bonchev–Trinajstić information content (AvgIpc) is 2.32. The standard InChI is InChI=1S/C15H20N2/c1-10-5-6-11(2)15-13(10)9-12(3)14(17-15)7-8-16-4/h5-6,9,16H,7-8H2,1-4H3. The van der Waals surface area contributed by atoms with Crippen molar-refractivity contribution in [2.75, 3.05) is 13.6 Å². The highest BCUT2D eigenvalue weighted by Crippen LogP contribution is 2.23. The van der Waals surface area contributed by atoms with E-state index in [1.165, 1.54) is 27.8 Å². The summed E-state index contributed by atoms with van der Waals surface area (Å²) in [6.45, 7) is 7.41. The van der Waals surface area contributed by atoms with Crippen molar-refractivity contribution in [1.29, 1.82) is 0 Å². The number of nitrogens with zero attached hydrogens (tertiary/aromatic N) is 1. The van der Waals surface area contributed by atoms with Gasteiger partial charge in [-0.05, 0) is 50.6 Å². The molecule has 0 radical (unpaired) electrons. The van der Waals surface area contributed by atoms with Gasteiger partial charge in [0.05, 0.1) is 5.52 Å². The van der Waals surface area contributed by atoms with Crippen LogP contribution in [-0.4, -0.2) is 18.6 Å². The van der Waals surface area contributed by atoms with Crippen LogP contribution in [0.1, 0.15) is 22.4 Å². The fourth-order valence-corrected chi connectivity index (χ4v) is 2.17. The summed E-state index contributed by atoms with van der Waals surface area (Å²) in [4.78, 5) is 4.83. The predicted molar refractivity (Wildman–Crippen MR) is 73.6 cm³/mol. The molecule has 1 aromatic carbocycles. The van der Waals surface area contributed by atoms with Crippen LogP contribution >= 0.6 is 0 Å². The molecular formula is C15H20N2. The van der Waals surface area contributed by atoms with E-state index in [2.05, 4.69) is 44.3 Å². The van der Waals surface area contributed by atoms with Crippen molar-refractivity contribution in [2.24, 2.45) is 0 Å². The number of fused-ring (bicyclic) bond motifs is 1. The van der Waals surface area contributed by atoms with Gasteiger partial charge < -0.3 is 5.32 Å². The molecule has 0 atom stereocenters. The lowest BCUT2D eigenvalue weighted by Crippen LogP contribution is -2.12. The molecular weight excluding hydrogens is 208 g/mol. The molecule has 2 aromatic rings.